The highest BCUT2D eigenvalue weighted by atomic mass is 35.5. The Morgan fingerprint density at radius 2 is 2.06 bits per heavy atom. The number of anilines is 1. The number of benzene rings is 1. The smallest absolute Gasteiger partial charge is 0.257 e. The standard InChI is InChI=1S/C13H11ClN2O2/c1-8-2-4-10(14)6-11(8)16-13(18)9-3-5-12(17)15-7-9/h2-7H,1H3,(H,15,17)(H,16,18). The van der Waals surface area contributed by atoms with E-state index in [4.69, 9.17) is 11.6 Å². The van der Waals surface area contributed by atoms with Gasteiger partial charge in [-0.2, -0.15) is 0 Å². The van der Waals surface area contributed by atoms with Crippen LogP contribution in [0.1, 0.15) is 15.9 Å². The van der Waals surface area contributed by atoms with Crippen molar-refractivity contribution < 1.29 is 4.79 Å². The number of halogens is 1. The molecule has 1 aromatic heterocycles. The van der Waals surface area contributed by atoms with Crippen molar-refractivity contribution in [3.8, 4) is 0 Å². The van der Waals surface area contributed by atoms with Gasteiger partial charge in [-0.25, -0.2) is 0 Å². The number of hydrogen-bond donors (Lipinski definition) is 2. The third kappa shape index (κ3) is 2.78. The summed E-state index contributed by atoms with van der Waals surface area (Å²) in [6.45, 7) is 1.87. The van der Waals surface area contributed by atoms with Crippen molar-refractivity contribution in [3.05, 3.63) is 63.0 Å². The largest absolute Gasteiger partial charge is 0.328 e. The number of hydrogen-bond acceptors (Lipinski definition) is 2. The first-order valence-corrected chi connectivity index (χ1v) is 5.70. The Kier molecular flexibility index (Phi) is 3.48. The van der Waals surface area contributed by atoms with Gasteiger partial charge in [-0.15, -0.1) is 0 Å². The number of amides is 1. The molecule has 0 saturated carbocycles. The van der Waals surface area contributed by atoms with Gasteiger partial charge in [0.25, 0.3) is 5.91 Å². The molecule has 0 bridgehead atoms. The third-order valence-corrected chi connectivity index (χ3v) is 2.73. The van der Waals surface area contributed by atoms with Gasteiger partial charge in [0.1, 0.15) is 0 Å². The second kappa shape index (κ2) is 5.06. The van der Waals surface area contributed by atoms with Gasteiger partial charge in [0.05, 0.1) is 5.56 Å². The maximum atomic E-state index is 11.9. The van der Waals surface area contributed by atoms with Crippen LogP contribution in [0.15, 0.2) is 41.3 Å². The molecule has 0 unspecified atom stereocenters. The minimum atomic E-state index is -0.295. The van der Waals surface area contributed by atoms with E-state index in [9.17, 15) is 9.59 Å². The molecular weight excluding hydrogens is 252 g/mol. The lowest BCUT2D eigenvalue weighted by Gasteiger charge is -2.08. The van der Waals surface area contributed by atoms with Crippen LogP contribution in [-0.2, 0) is 0 Å². The van der Waals surface area contributed by atoms with E-state index in [2.05, 4.69) is 10.3 Å². The Morgan fingerprint density at radius 3 is 2.72 bits per heavy atom. The molecule has 0 aliphatic heterocycles. The summed E-state index contributed by atoms with van der Waals surface area (Å²) >= 11 is 5.87. The molecule has 0 aliphatic carbocycles. The highest BCUT2D eigenvalue weighted by molar-refractivity contribution is 6.31. The van der Waals surface area contributed by atoms with E-state index >= 15 is 0 Å². The molecule has 1 heterocycles. The summed E-state index contributed by atoms with van der Waals surface area (Å²) in [6.07, 6.45) is 1.37. The summed E-state index contributed by atoms with van der Waals surface area (Å²) < 4.78 is 0. The molecule has 0 aliphatic rings. The van der Waals surface area contributed by atoms with Gasteiger partial charge in [-0.3, -0.25) is 9.59 Å². The van der Waals surface area contributed by atoms with Gasteiger partial charge in [-0.1, -0.05) is 17.7 Å². The van der Waals surface area contributed by atoms with Crippen molar-refractivity contribution >= 4 is 23.2 Å². The lowest BCUT2D eigenvalue weighted by molar-refractivity contribution is 0.102. The average molecular weight is 263 g/mol. The molecule has 0 fully saturated rings. The first-order chi connectivity index (χ1) is 8.56. The van der Waals surface area contributed by atoms with Gasteiger partial charge in [-0.05, 0) is 30.7 Å². The molecule has 18 heavy (non-hydrogen) atoms. The van der Waals surface area contributed by atoms with Crippen LogP contribution in [-0.4, -0.2) is 10.9 Å². The van der Waals surface area contributed by atoms with Gasteiger partial charge < -0.3 is 10.3 Å². The molecule has 5 heteroatoms. The summed E-state index contributed by atoms with van der Waals surface area (Å²) in [5.74, 6) is -0.295. The number of H-pyrrole nitrogens is 1. The number of aromatic nitrogens is 1. The van der Waals surface area contributed by atoms with Crippen LogP contribution < -0.4 is 10.9 Å². The van der Waals surface area contributed by atoms with Crippen molar-refractivity contribution in [3.63, 3.8) is 0 Å². The van der Waals surface area contributed by atoms with Crippen LogP contribution in [0, 0.1) is 6.92 Å². The Bertz CT molecular complexity index is 629. The zero-order chi connectivity index (χ0) is 13.1. The normalized spacial score (nSPS) is 10.1. The molecule has 2 N–H and O–H groups in total. The van der Waals surface area contributed by atoms with Gasteiger partial charge in [0.15, 0.2) is 0 Å². The molecule has 1 amide bonds. The van der Waals surface area contributed by atoms with Crippen LogP contribution in [0.5, 0.6) is 0 Å². The fourth-order valence-corrected chi connectivity index (χ4v) is 1.65. The molecular formula is C13H11ClN2O2. The Labute approximate surface area is 109 Å². The summed E-state index contributed by atoms with van der Waals surface area (Å²) in [5.41, 5.74) is 1.70. The highest BCUT2D eigenvalue weighted by Gasteiger charge is 2.08. The van der Waals surface area contributed by atoms with E-state index in [1.54, 1.807) is 12.1 Å². The van der Waals surface area contributed by atoms with Crippen molar-refractivity contribution in [2.75, 3.05) is 5.32 Å². The number of carbonyl (C=O) groups is 1. The topological polar surface area (TPSA) is 62.0 Å². The van der Waals surface area contributed by atoms with E-state index in [-0.39, 0.29) is 11.5 Å². The maximum absolute atomic E-state index is 11.9. The summed E-state index contributed by atoms with van der Waals surface area (Å²) in [7, 11) is 0. The van der Waals surface area contributed by atoms with Gasteiger partial charge >= 0.3 is 0 Å². The van der Waals surface area contributed by atoms with Crippen molar-refractivity contribution in [1.29, 1.82) is 0 Å². The number of pyridine rings is 1. The Hall–Kier alpha value is -2.07. The number of aromatic amines is 1. The molecule has 92 valence electrons. The molecule has 2 rings (SSSR count). The number of rotatable bonds is 2. The monoisotopic (exact) mass is 262 g/mol. The number of carbonyl (C=O) groups excluding carboxylic acids is 1. The van der Waals surface area contributed by atoms with E-state index in [0.717, 1.165) is 5.56 Å². The second-order valence-electron chi connectivity index (χ2n) is 3.85. The zero-order valence-electron chi connectivity index (χ0n) is 9.66. The Balaban J connectivity index is 2.23. The van der Waals surface area contributed by atoms with Gasteiger partial charge in [0.2, 0.25) is 5.56 Å². The highest BCUT2D eigenvalue weighted by Crippen LogP contribution is 2.20. The molecule has 0 radical (unpaired) electrons. The first-order valence-electron chi connectivity index (χ1n) is 5.32. The SMILES string of the molecule is Cc1ccc(Cl)cc1NC(=O)c1ccc(=O)[nH]c1. The molecule has 0 atom stereocenters. The number of aryl methyl sites for hydroxylation is 1. The lowest BCUT2D eigenvalue weighted by Crippen LogP contribution is -2.15. The minimum absolute atomic E-state index is 0.245. The Morgan fingerprint density at radius 1 is 1.28 bits per heavy atom. The summed E-state index contributed by atoms with van der Waals surface area (Å²) in [5, 5.41) is 3.29. The first kappa shape index (κ1) is 12.4. The lowest BCUT2D eigenvalue weighted by atomic mass is 10.2. The summed E-state index contributed by atoms with van der Waals surface area (Å²) in [6, 6.07) is 8.03. The van der Waals surface area contributed by atoms with E-state index in [1.165, 1.54) is 18.3 Å². The molecule has 0 saturated heterocycles. The quantitative estimate of drug-likeness (QED) is 0.874. The molecule has 2 aromatic rings. The third-order valence-electron chi connectivity index (χ3n) is 2.49. The number of nitrogens with one attached hydrogen (secondary N) is 2. The predicted molar refractivity (Wildman–Crippen MR) is 71.2 cm³/mol. The second-order valence-corrected chi connectivity index (χ2v) is 4.29. The molecule has 1 aromatic carbocycles. The van der Waals surface area contributed by atoms with Crippen molar-refractivity contribution in [1.82, 2.24) is 4.98 Å². The average Bonchev–Trinajstić information content (AvgIpc) is 2.34. The van der Waals surface area contributed by atoms with Crippen LogP contribution in [0.25, 0.3) is 0 Å². The van der Waals surface area contributed by atoms with E-state index in [1.807, 2.05) is 13.0 Å². The predicted octanol–water partition coefficient (Wildman–Crippen LogP) is 2.59. The van der Waals surface area contributed by atoms with Crippen LogP contribution in [0.4, 0.5) is 5.69 Å². The fraction of sp³-hybridized carbons (Fsp3) is 0.0769. The maximum Gasteiger partial charge on any atom is 0.257 e. The van der Waals surface area contributed by atoms with Crippen molar-refractivity contribution in [2.24, 2.45) is 0 Å². The summed E-state index contributed by atoms with van der Waals surface area (Å²) in [4.78, 5) is 25.3. The van der Waals surface area contributed by atoms with Gasteiger partial charge in [0, 0.05) is 23.0 Å². The fourth-order valence-electron chi connectivity index (χ4n) is 1.48. The minimum Gasteiger partial charge on any atom is -0.328 e. The van der Waals surface area contributed by atoms with Crippen LogP contribution >= 0.6 is 11.6 Å². The van der Waals surface area contributed by atoms with Crippen molar-refractivity contribution in [2.45, 2.75) is 6.92 Å². The molecule has 0 spiro atoms. The zero-order valence-corrected chi connectivity index (χ0v) is 10.4. The van der Waals surface area contributed by atoms with E-state index in [0.29, 0.717) is 16.3 Å². The van der Waals surface area contributed by atoms with Crippen LogP contribution in [0.3, 0.4) is 0 Å². The molecule has 4 nitrogen and oxygen atoms in total. The van der Waals surface area contributed by atoms with E-state index < -0.39 is 0 Å². The van der Waals surface area contributed by atoms with Crippen LogP contribution in [0.2, 0.25) is 5.02 Å².